The van der Waals surface area contributed by atoms with Crippen molar-refractivity contribution in [3.05, 3.63) is 42.0 Å². The van der Waals surface area contributed by atoms with Crippen LogP contribution < -0.4 is 4.50 Å². The maximum Gasteiger partial charge on any atom is 0.184 e. The Bertz CT molecular complexity index is 598. The van der Waals surface area contributed by atoms with E-state index in [9.17, 15) is 0 Å². The molecular formula is C16H20O2S2Si. The van der Waals surface area contributed by atoms with Gasteiger partial charge in [-0.05, 0) is 22.7 Å². The first-order valence-electron chi connectivity index (χ1n) is 7.14. The Morgan fingerprint density at radius 1 is 1.10 bits per heavy atom. The Kier molecular flexibility index (Phi) is 4.56. The van der Waals surface area contributed by atoms with Crippen molar-refractivity contribution in [1.29, 1.82) is 0 Å². The second-order valence-electron chi connectivity index (χ2n) is 6.09. The standard InChI is InChI=1S/C16H20O2S2Si/c1-21(2,3)16-13(15-17-9-10-18-15)11-14(20-16)19-12-7-5-4-6-8-12/h4-8,11,15H,9-10H2,1-3H3. The van der Waals surface area contributed by atoms with Crippen LogP contribution >= 0.6 is 23.1 Å². The summed E-state index contributed by atoms with van der Waals surface area (Å²) < 4.78 is 14.3. The number of ether oxygens (including phenoxy) is 2. The third-order valence-corrected chi connectivity index (χ3v) is 9.14. The molecule has 1 aliphatic heterocycles. The summed E-state index contributed by atoms with van der Waals surface area (Å²) in [7, 11) is -1.40. The largest absolute Gasteiger partial charge is 0.346 e. The lowest BCUT2D eigenvalue weighted by molar-refractivity contribution is -0.0432. The molecule has 0 saturated carbocycles. The molecule has 1 aromatic carbocycles. The highest BCUT2D eigenvalue weighted by atomic mass is 32.2. The Morgan fingerprint density at radius 2 is 1.76 bits per heavy atom. The second-order valence-corrected chi connectivity index (χ2v) is 13.9. The van der Waals surface area contributed by atoms with Crippen molar-refractivity contribution in [2.45, 2.75) is 35.0 Å². The third-order valence-electron chi connectivity index (χ3n) is 3.26. The minimum absolute atomic E-state index is 0.159. The first-order valence-corrected chi connectivity index (χ1v) is 12.3. The van der Waals surface area contributed by atoms with E-state index < -0.39 is 8.07 Å². The van der Waals surface area contributed by atoms with Gasteiger partial charge in [-0.25, -0.2) is 0 Å². The highest BCUT2D eigenvalue weighted by Gasteiger charge is 2.30. The minimum atomic E-state index is -1.40. The van der Waals surface area contributed by atoms with Crippen molar-refractivity contribution in [3.8, 4) is 0 Å². The molecule has 3 rings (SSSR count). The topological polar surface area (TPSA) is 18.5 Å². The summed E-state index contributed by atoms with van der Waals surface area (Å²) in [5.41, 5.74) is 1.26. The molecule has 0 bridgehead atoms. The van der Waals surface area contributed by atoms with Gasteiger partial charge in [0.25, 0.3) is 0 Å². The lowest BCUT2D eigenvalue weighted by Crippen LogP contribution is -2.38. The van der Waals surface area contributed by atoms with Crippen molar-refractivity contribution in [2.24, 2.45) is 0 Å². The molecular weight excluding hydrogens is 316 g/mol. The van der Waals surface area contributed by atoms with Gasteiger partial charge < -0.3 is 9.47 Å². The van der Waals surface area contributed by atoms with E-state index in [0.29, 0.717) is 13.2 Å². The van der Waals surface area contributed by atoms with Gasteiger partial charge in [0.15, 0.2) is 6.29 Å². The van der Waals surface area contributed by atoms with Gasteiger partial charge in [-0.2, -0.15) is 0 Å². The summed E-state index contributed by atoms with van der Waals surface area (Å²) in [6, 6.07) is 12.8. The Labute approximate surface area is 135 Å². The zero-order chi connectivity index (χ0) is 14.9. The minimum Gasteiger partial charge on any atom is -0.346 e. The molecule has 112 valence electrons. The smallest absolute Gasteiger partial charge is 0.184 e. The van der Waals surface area contributed by atoms with E-state index in [1.54, 1.807) is 0 Å². The van der Waals surface area contributed by atoms with E-state index in [1.165, 1.54) is 19.2 Å². The summed E-state index contributed by atoms with van der Waals surface area (Å²) in [6.07, 6.45) is -0.159. The van der Waals surface area contributed by atoms with Gasteiger partial charge in [-0.1, -0.05) is 49.6 Å². The summed E-state index contributed by atoms with van der Waals surface area (Å²) in [5.74, 6) is 0. The molecule has 1 fully saturated rings. The molecule has 0 N–H and O–H groups in total. The zero-order valence-electron chi connectivity index (χ0n) is 12.6. The quantitative estimate of drug-likeness (QED) is 0.767. The molecule has 0 unspecified atom stereocenters. The van der Waals surface area contributed by atoms with Crippen LogP contribution in [0.5, 0.6) is 0 Å². The monoisotopic (exact) mass is 336 g/mol. The Morgan fingerprint density at radius 3 is 2.38 bits per heavy atom. The molecule has 0 aliphatic carbocycles. The van der Waals surface area contributed by atoms with Gasteiger partial charge in [-0.3, -0.25) is 0 Å². The highest BCUT2D eigenvalue weighted by molar-refractivity contribution is 8.01. The molecule has 21 heavy (non-hydrogen) atoms. The van der Waals surface area contributed by atoms with Gasteiger partial charge in [0.05, 0.1) is 25.5 Å². The van der Waals surface area contributed by atoms with Crippen molar-refractivity contribution in [2.75, 3.05) is 13.2 Å². The van der Waals surface area contributed by atoms with Crippen molar-refractivity contribution in [3.63, 3.8) is 0 Å². The number of thiophene rings is 1. The lowest BCUT2D eigenvalue weighted by Gasteiger charge is -2.18. The Hall–Kier alpha value is -0.593. The lowest BCUT2D eigenvalue weighted by atomic mass is 10.3. The van der Waals surface area contributed by atoms with Gasteiger partial charge in [0, 0.05) is 10.5 Å². The molecule has 0 atom stereocenters. The predicted octanol–water partition coefficient (Wildman–Crippen LogP) is 4.49. The van der Waals surface area contributed by atoms with Crippen LogP contribution in [-0.2, 0) is 9.47 Å². The Balaban J connectivity index is 1.92. The highest BCUT2D eigenvalue weighted by Crippen LogP contribution is 2.36. The number of hydrogen-bond donors (Lipinski definition) is 0. The molecule has 0 radical (unpaired) electrons. The van der Waals surface area contributed by atoms with Crippen molar-refractivity contribution in [1.82, 2.24) is 0 Å². The van der Waals surface area contributed by atoms with E-state index in [4.69, 9.17) is 9.47 Å². The molecule has 0 spiro atoms. The van der Waals surface area contributed by atoms with Crippen LogP contribution in [0.1, 0.15) is 11.9 Å². The van der Waals surface area contributed by atoms with Crippen LogP contribution in [-0.4, -0.2) is 21.3 Å². The molecule has 5 heteroatoms. The van der Waals surface area contributed by atoms with Crippen molar-refractivity contribution < 1.29 is 9.47 Å². The second kappa shape index (κ2) is 6.26. The van der Waals surface area contributed by atoms with Crippen LogP contribution in [0.3, 0.4) is 0 Å². The number of benzene rings is 1. The van der Waals surface area contributed by atoms with E-state index in [0.717, 1.165) is 0 Å². The summed E-state index contributed by atoms with van der Waals surface area (Å²) in [6.45, 7) is 8.55. The third kappa shape index (κ3) is 3.60. The number of rotatable bonds is 4. The molecule has 2 nitrogen and oxygen atoms in total. The van der Waals surface area contributed by atoms with Gasteiger partial charge in [0.1, 0.15) is 0 Å². The van der Waals surface area contributed by atoms with Gasteiger partial charge in [-0.15, -0.1) is 11.3 Å². The van der Waals surface area contributed by atoms with Gasteiger partial charge in [0.2, 0.25) is 0 Å². The summed E-state index contributed by atoms with van der Waals surface area (Å²) in [4.78, 5) is 1.28. The molecule has 0 amide bonds. The molecule has 2 heterocycles. The average Bonchev–Trinajstić information content (AvgIpc) is 3.07. The van der Waals surface area contributed by atoms with Crippen LogP contribution in [0.4, 0.5) is 0 Å². The van der Waals surface area contributed by atoms with E-state index in [-0.39, 0.29) is 6.29 Å². The maximum absolute atomic E-state index is 5.74. The van der Waals surface area contributed by atoms with E-state index in [1.807, 2.05) is 23.1 Å². The van der Waals surface area contributed by atoms with Crippen LogP contribution in [0, 0.1) is 0 Å². The first kappa shape index (κ1) is 15.3. The predicted molar refractivity (Wildman–Crippen MR) is 92.5 cm³/mol. The fourth-order valence-corrected chi connectivity index (χ4v) is 7.25. The molecule has 1 aromatic heterocycles. The van der Waals surface area contributed by atoms with Crippen LogP contribution in [0.2, 0.25) is 19.6 Å². The average molecular weight is 337 g/mol. The fraction of sp³-hybridized carbons (Fsp3) is 0.375. The maximum atomic E-state index is 5.74. The SMILES string of the molecule is C[Si](C)(C)c1sc(Sc2ccccc2)cc1C1OCCO1. The first-order chi connectivity index (χ1) is 10.0. The molecule has 1 saturated heterocycles. The van der Waals surface area contributed by atoms with Crippen molar-refractivity contribution >= 4 is 35.7 Å². The van der Waals surface area contributed by atoms with E-state index >= 15 is 0 Å². The molecule has 1 aliphatic rings. The van der Waals surface area contributed by atoms with E-state index in [2.05, 4.69) is 56.0 Å². The van der Waals surface area contributed by atoms with Crippen LogP contribution in [0.25, 0.3) is 0 Å². The number of hydrogen-bond acceptors (Lipinski definition) is 4. The van der Waals surface area contributed by atoms with Crippen LogP contribution in [0.15, 0.2) is 45.5 Å². The molecule has 2 aromatic rings. The normalized spacial score (nSPS) is 16.5. The summed E-state index contributed by atoms with van der Waals surface area (Å²) >= 11 is 3.74. The fourth-order valence-electron chi connectivity index (χ4n) is 2.34. The zero-order valence-corrected chi connectivity index (χ0v) is 15.2. The van der Waals surface area contributed by atoms with Gasteiger partial charge >= 0.3 is 0 Å². The summed E-state index contributed by atoms with van der Waals surface area (Å²) in [5, 5.41) is 0.